The van der Waals surface area contributed by atoms with E-state index in [-0.39, 0.29) is 28.4 Å². The Morgan fingerprint density at radius 1 is 1.15 bits per heavy atom. The molecule has 0 saturated carbocycles. The summed E-state index contributed by atoms with van der Waals surface area (Å²) in [4.78, 5) is 0. The Balaban J connectivity index is 1.49. The van der Waals surface area contributed by atoms with Gasteiger partial charge in [-0.3, -0.25) is 0 Å². The minimum atomic E-state index is -1.14. The van der Waals surface area contributed by atoms with Gasteiger partial charge < -0.3 is 18.9 Å². The highest BCUT2D eigenvalue weighted by Crippen LogP contribution is 2.40. The molecule has 0 bridgehead atoms. The molecule has 0 radical (unpaired) electrons. The molecule has 0 spiro atoms. The molecule has 1 unspecified atom stereocenters. The van der Waals surface area contributed by atoms with Crippen molar-refractivity contribution in [2.75, 3.05) is 13.7 Å². The Bertz CT molecular complexity index is 1330. The van der Waals surface area contributed by atoms with Gasteiger partial charge in [0.2, 0.25) is 0 Å². The zero-order valence-electron chi connectivity index (χ0n) is 22.8. The number of nitrogens with zero attached hydrogens (tertiary/aromatic N) is 6. The molecule has 4 heterocycles. The second-order valence-electron chi connectivity index (χ2n) is 11.0. The van der Waals surface area contributed by atoms with Crippen LogP contribution in [0.5, 0.6) is 0 Å². The van der Waals surface area contributed by atoms with Crippen molar-refractivity contribution in [2.24, 2.45) is 0 Å². The maximum Gasteiger partial charge on any atom is 0.178 e. The molecule has 39 heavy (non-hydrogen) atoms. The van der Waals surface area contributed by atoms with Gasteiger partial charge in [0.15, 0.2) is 17.4 Å². The highest BCUT2D eigenvalue weighted by Gasteiger charge is 2.53. The molecule has 2 aliphatic heterocycles. The first-order valence-corrected chi connectivity index (χ1v) is 13.3. The van der Waals surface area contributed by atoms with Gasteiger partial charge in [-0.1, -0.05) is 29.0 Å². The van der Waals surface area contributed by atoms with Gasteiger partial charge in [0.1, 0.15) is 30.0 Å². The van der Waals surface area contributed by atoms with Crippen molar-refractivity contribution in [2.45, 2.75) is 89.2 Å². The minimum absolute atomic E-state index is 0.0549. The zero-order chi connectivity index (χ0) is 28.1. The molecule has 3 aromatic rings. The predicted molar refractivity (Wildman–Crippen MR) is 137 cm³/mol. The van der Waals surface area contributed by atoms with Crippen molar-refractivity contribution < 1.29 is 27.7 Å². The molecular weight excluding hydrogens is 534 g/mol. The number of benzene rings is 1. The lowest BCUT2D eigenvalue weighted by molar-refractivity contribution is -0.349. The monoisotopic (exact) mass is 566 g/mol. The summed E-state index contributed by atoms with van der Waals surface area (Å²) in [6.07, 6.45) is 2.80. The first-order chi connectivity index (χ1) is 18.4. The second kappa shape index (κ2) is 10.5. The van der Waals surface area contributed by atoms with E-state index in [1.807, 2.05) is 24.7 Å². The Morgan fingerprint density at radius 3 is 2.64 bits per heavy atom. The third-order valence-corrected chi connectivity index (χ3v) is 7.90. The fourth-order valence-electron chi connectivity index (χ4n) is 5.01. The molecule has 2 fully saturated rings. The van der Waals surface area contributed by atoms with Crippen LogP contribution in [0.3, 0.4) is 0 Å². The van der Waals surface area contributed by atoms with Crippen LogP contribution in [0.2, 0.25) is 5.02 Å². The summed E-state index contributed by atoms with van der Waals surface area (Å²) in [5.41, 5.74) is 0.655. The molecule has 5 rings (SSSR count). The summed E-state index contributed by atoms with van der Waals surface area (Å²) in [6, 6.07) is 2.13. The molecule has 2 aromatic heterocycles. The molecule has 2 saturated heterocycles. The van der Waals surface area contributed by atoms with Crippen LogP contribution in [-0.2, 0) is 30.9 Å². The van der Waals surface area contributed by atoms with Crippen LogP contribution in [0.4, 0.5) is 8.78 Å². The predicted octanol–water partition coefficient (Wildman–Crippen LogP) is 4.33. The quantitative estimate of drug-likeness (QED) is 0.390. The standard InChI is InChI=1S/C26H33ClF2N6O4/c1-7-25(2,3)35-11-14(30-33-35)10-18-23(36-6)22(24-19(38-18)13-37-26(4,5)39-24)34-12-17(31-32-34)15-8-9-16(27)21(29)20(15)28/h8-9,11-12,18-19,22-24H,7,10,13H2,1-6H3/t18-,19-,22?,23+,24+/m1/s1. The lowest BCUT2D eigenvalue weighted by Crippen LogP contribution is -2.62. The number of fused-ring (bicyclic) bond motifs is 1. The number of methoxy groups -OCH3 is 1. The van der Waals surface area contributed by atoms with E-state index < -0.39 is 47.9 Å². The minimum Gasteiger partial charge on any atom is -0.376 e. The number of aromatic nitrogens is 6. The lowest BCUT2D eigenvalue weighted by atomic mass is 9.89. The van der Waals surface area contributed by atoms with Gasteiger partial charge in [-0.25, -0.2) is 18.1 Å². The fourth-order valence-corrected chi connectivity index (χ4v) is 5.16. The molecule has 10 nitrogen and oxygen atoms in total. The Morgan fingerprint density at radius 2 is 1.92 bits per heavy atom. The topological polar surface area (TPSA) is 98.3 Å². The summed E-state index contributed by atoms with van der Waals surface area (Å²) in [5.74, 6) is -3.11. The molecule has 0 aliphatic carbocycles. The van der Waals surface area contributed by atoms with Crippen LogP contribution < -0.4 is 0 Å². The first-order valence-electron chi connectivity index (χ1n) is 12.9. The van der Waals surface area contributed by atoms with Gasteiger partial charge in [-0.05, 0) is 46.2 Å². The Hall–Kier alpha value is -2.51. The van der Waals surface area contributed by atoms with E-state index in [0.717, 1.165) is 12.1 Å². The SMILES string of the molecule is CCC(C)(C)n1cc(C[C@H]2O[C@@H]3COC(C)(C)O[C@@H]3C(n3cc(-c4ccc(Cl)c(F)c4F)nn3)[C@H]2OC)nn1. The van der Waals surface area contributed by atoms with E-state index in [0.29, 0.717) is 6.42 Å². The summed E-state index contributed by atoms with van der Waals surface area (Å²) < 4.78 is 56.9. The molecule has 5 atom stereocenters. The largest absolute Gasteiger partial charge is 0.376 e. The lowest BCUT2D eigenvalue weighted by Gasteiger charge is -2.51. The molecule has 0 N–H and O–H groups in total. The Labute approximate surface area is 230 Å². The van der Waals surface area contributed by atoms with E-state index in [2.05, 4.69) is 41.4 Å². The molecule has 0 amide bonds. The number of rotatable bonds is 7. The van der Waals surface area contributed by atoms with Crippen LogP contribution in [0.25, 0.3) is 11.3 Å². The number of halogens is 3. The average molecular weight is 567 g/mol. The van der Waals surface area contributed by atoms with Crippen LogP contribution >= 0.6 is 11.6 Å². The molecule has 1 aromatic carbocycles. The summed E-state index contributed by atoms with van der Waals surface area (Å²) in [5, 5.41) is 16.8. The van der Waals surface area contributed by atoms with Gasteiger partial charge in [0.25, 0.3) is 0 Å². The fraction of sp³-hybridized carbons (Fsp3) is 0.615. The van der Waals surface area contributed by atoms with Crippen molar-refractivity contribution in [3.8, 4) is 11.3 Å². The van der Waals surface area contributed by atoms with Crippen LogP contribution in [0.15, 0.2) is 24.5 Å². The van der Waals surface area contributed by atoms with Crippen LogP contribution in [-0.4, -0.2) is 73.9 Å². The van der Waals surface area contributed by atoms with Crippen molar-refractivity contribution in [1.29, 1.82) is 0 Å². The summed E-state index contributed by atoms with van der Waals surface area (Å²) >= 11 is 5.73. The van der Waals surface area contributed by atoms with Crippen molar-refractivity contribution in [1.82, 2.24) is 30.0 Å². The normalized spacial score (nSPS) is 26.9. The highest BCUT2D eigenvalue weighted by molar-refractivity contribution is 6.30. The number of hydrogen-bond acceptors (Lipinski definition) is 8. The zero-order valence-corrected chi connectivity index (χ0v) is 23.5. The van der Waals surface area contributed by atoms with E-state index >= 15 is 0 Å². The van der Waals surface area contributed by atoms with Gasteiger partial charge in [0.05, 0.1) is 35.2 Å². The van der Waals surface area contributed by atoms with Crippen LogP contribution in [0.1, 0.15) is 52.8 Å². The second-order valence-corrected chi connectivity index (χ2v) is 11.4. The van der Waals surface area contributed by atoms with Gasteiger partial charge in [-0.2, -0.15) is 0 Å². The molecular formula is C26H33ClF2N6O4. The maximum absolute atomic E-state index is 14.7. The molecule has 2 aliphatic rings. The highest BCUT2D eigenvalue weighted by atomic mass is 35.5. The molecule has 13 heteroatoms. The Kier molecular flexibility index (Phi) is 7.53. The van der Waals surface area contributed by atoms with E-state index in [1.165, 1.54) is 12.1 Å². The van der Waals surface area contributed by atoms with Gasteiger partial charge >= 0.3 is 0 Å². The van der Waals surface area contributed by atoms with E-state index in [9.17, 15) is 8.78 Å². The summed E-state index contributed by atoms with van der Waals surface area (Å²) in [6.45, 7) is 10.2. The molecule has 212 valence electrons. The first kappa shape index (κ1) is 28.0. The number of hydrogen-bond donors (Lipinski definition) is 0. The maximum atomic E-state index is 14.7. The van der Waals surface area contributed by atoms with E-state index in [4.69, 9.17) is 30.5 Å². The van der Waals surface area contributed by atoms with Crippen molar-refractivity contribution in [3.05, 3.63) is 46.9 Å². The van der Waals surface area contributed by atoms with E-state index in [1.54, 1.807) is 18.0 Å². The van der Waals surface area contributed by atoms with Gasteiger partial charge in [0, 0.05) is 25.3 Å². The summed E-state index contributed by atoms with van der Waals surface area (Å²) in [7, 11) is 1.59. The van der Waals surface area contributed by atoms with Crippen molar-refractivity contribution in [3.63, 3.8) is 0 Å². The smallest absolute Gasteiger partial charge is 0.178 e. The average Bonchev–Trinajstić information content (AvgIpc) is 3.57. The van der Waals surface area contributed by atoms with Crippen molar-refractivity contribution >= 4 is 11.6 Å². The van der Waals surface area contributed by atoms with Gasteiger partial charge in [-0.15, -0.1) is 10.2 Å². The third kappa shape index (κ3) is 5.32. The van der Waals surface area contributed by atoms with Crippen LogP contribution in [0, 0.1) is 11.6 Å². The number of ether oxygens (including phenoxy) is 4. The third-order valence-electron chi connectivity index (χ3n) is 7.61.